The predicted octanol–water partition coefficient (Wildman–Crippen LogP) is 8.33. The van der Waals surface area contributed by atoms with Crippen molar-refractivity contribution >= 4 is 21.9 Å². The largest absolute Gasteiger partial charge is 0.465 e. The average molecular weight is 578 g/mol. The molecule has 0 amide bonds. The monoisotopic (exact) mass is 576 g/mol. The van der Waals surface area contributed by atoms with E-state index in [1.165, 1.54) is 50.5 Å². The summed E-state index contributed by atoms with van der Waals surface area (Å²) in [5.74, 6) is 2.84. The number of carbonyl (C=O) groups is 1. The molecule has 1 N–H and O–H groups in total. The molecule has 210 valence electrons. The summed E-state index contributed by atoms with van der Waals surface area (Å²) in [5.41, 5.74) is 1.75. The van der Waals surface area contributed by atoms with Crippen LogP contribution < -0.4 is 0 Å². The number of aliphatic hydroxyl groups is 1. The van der Waals surface area contributed by atoms with E-state index >= 15 is 0 Å². The summed E-state index contributed by atoms with van der Waals surface area (Å²) in [4.78, 5) is 13.6. The Bertz CT molecular complexity index is 933. The molecular weight excluding hydrogens is 524 g/mol. The lowest BCUT2D eigenvalue weighted by Crippen LogP contribution is -2.67. The number of ether oxygens (including phenoxy) is 1. The van der Waals surface area contributed by atoms with Crippen LogP contribution in [0.2, 0.25) is 0 Å². The van der Waals surface area contributed by atoms with E-state index < -0.39 is 11.5 Å². The molecule has 4 heteroatoms. The smallest absolute Gasteiger partial charge is 0.314 e. The van der Waals surface area contributed by atoms with Crippen molar-refractivity contribution in [3.8, 4) is 0 Å². The van der Waals surface area contributed by atoms with E-state index in [0.717, 1.165) is 36.4 Å². The van der Waals surface area contributed by atoms with Gasteiger partial charge < -0.3 is 9.84 Å². The minimum atomic E-state index is -0.806. The van der Waals surface area contributed by atoms with Gasteiger partial charge in [0.05, 0.1) is 18.1 Å². The summed E-state index contributed by atoms with van der Waals surface area (Å²) < 4.78 is 5.81. The molecule has 11 atom stereocenters. The number of allylic oxidation sites excluding steroid dienone is 1. The molecule has 0 aromatic carbocycles. The molecule has 5 fully saturated rings. The van der Waals surface area contributed by atoms with E-state index in [-0.39, 0.29) is 22.7 Å². The van der Waals surface area contributed by atoms with Crippen molar-refractivity contribution in [2.24, 2.45) is 56.7 Å². The second kappa shape index (κ2) is 9.35. The van der Waals surface area contributed by atoms with Crippen LogP contribution >= 0.6 is 15.9 Å². The second-order valence-electron chi connectivity index (χ2n) is 15.4. The van der Waals surface area contributed by atoms with Gasteiger partial charge in [-0.15, -0.1) is 0 Å². The van der Waals surface area contributed by atoms with E-state index in [9.17, 15) is 9.90 Å². The number of esters is 1. The Labute approximate surface area is 235 Å². The van der Waals surface area contributed by atoms with Crippen LogP contribution in [0.3, 0.4) is 0 Å². The van der Waals surface area contributed by atoms with Gasteiger partial charge in [0.1, 0.15) is 0 Å². The van der Waals surface area contributed by atoms with Crippen LogP contribution in [0.4, 0.5) is 0 Å². The SMILES string of the molecule is C=C(C)[C@@H]1CC[C@]2(C)CC[C@]3(C)[C@H](CC[C@@H]4[C@@]5(C)CC[C@@H](O)[C@](C)(C(=O)OCCCBr)[C@@H]5CC[C@]43C)[C@@H]12. The highest BCUT2D eigenvalue weighted by Gasteiger charge is 2.71. The lowest BCUT2D eigenvalue weighted by atomic mass is 9.32. The minimum Gasteiger partial charge on any atom is -0.465 e. The first-order valence-electron chi connectivity index (χ1n) is 15.4. The van der Waals surface area contributed by atoms with Crippen LogP contribution in [0.5, 0.6) is 0 Å². The number of hydrogen-bond donors (Lipinski definition) is 1. The third kappa shape index (κ3) is 3.76. The van der Waals surface area contributed by atoms with Crippen LogP contribution in [-0.2, 0) is 9.53 Å². The van der Waals surface area contributed by atoms with Gasteiger partial charge in [-0.1, -0.05) is 55.8 Å². The molecule has 0 aromatic rings. The van der Waals surface area contributed by atoms with Crippen molar-refractivity contribution in [1.82, 2.24) is 0 Å². The Kier molecular flexibility index (Phi) is 7.13. The lowest BCUT2D eigenvalue weighted by molar-refractivity contribution is -0.251. The van der Waals surface area contributed by atoms with E-state index in [0.29, 0.717) is 35.7 Å². The second-order valence-corrected chi connectivity index (χ2v) is 16.1. The van der Waals surface area contributed by atoms with E-state index in [4.69, 9.17) is 4.74 Å². The Morgan fingerprint density at radius 3 is 2.32 bits per heavy atom. The highest BCUT2D eigenvalue weighted by Crippen LogP contribution is 2.77. The van der Waals surface area contributed by atoms with Gasteiger partial charge in [0.2, 0.25) is 0 Å². The molecule has 0 aromatic heterocycles. The summed E-state index contributed by atoms with van der Waals surface area (Å²) in [7, 11) is 0. The standard InChI is InChI=1S/C33H53BrO3/c1-21(2)22-11-14-29(3)17-18-31(5)23(27(22)29)9-10-24-30(4)15-13-26(35)33(7,28(36)37-20-8-19-34)25(30)12-16-32(24,31)6/h22-27,35H,1,8-20H2,2-7H3/t22-,23+,24+,25+,26+,27+,29+,30+,31+,32+,33+/m0/s1. The molecule has 5 saturated carbocycles. The number of halogens is 1. The zero-order valence-corrected chi connectivity index (χ0v) is 26.1. The van der Waals surface area contributed by atoms with Crippen molar-refractivity contribution in [1.29, 1.82) is 0 Å². The van der Waals surface area contributed by atoms with Crippen LogP contribution in [0.15, 0.2) is 12.2 Å². The number of fused-ring (bicyclic) bond motifs is 7. The fourth-order valence-electron chi connectivity index (χ4n) is 11.8. The first kappa shape index (κ1) is 28.2. The highest BCUT2D eigenvalue weighted by atomic mass is 79.9. The number of rotatable bonds is 5. The van der Waals surface area contributed by atoms with Crippen molar-refractivity contribution in [2.75, 3.05) is 11.9 Å². The zero-order chi connectivity index (χ0) is 27.0. The number of aliphatic hydroxyl groups excluding tert-OH is 1. The van der Waals surface area contributed by atoms with Gasteiger partial charge in [-0.2, -0.15) is 0 Å². The van der Waals surface area contributed by atoms with Crippen LogP contribution in [0.25, 0.3) is 0 Å². The normalized spacial score (nSPS) is 52.9. The third-order valence-electron chi connectivity index (χ3n) is 14.1. The molecule has 0 spiro atoms. The van der Waals surface area contributed by atoms with Gasteiger partial charge in [0.25, 0.3) is 0 Å². The summed E-state index contributed by atoms with van der Waals surface area (Å²) in [5, 5.41) is 12.1. The summed E-state index contributed by atoms with van der Waals surface area (Å²) >= 11 is 3.45. The average Bonchev–Trinajstić information content (AvgIpc) is 3.20. The van der Waals surface area contributed by atoms with Gasteiger partial charge in [0.15, 0.2) is 0 Å². The topological polar surface area (TPSA) is 46.5 Å². The van der Waals surface area contributed by atoms with Gasteiger partial charge in [-0.05, 0) is 136 Å². The predicted molar refractivity (Wildman–Crippen MR) is 154 cm³/mol. The third-order valence-corrected chi connectivity index (χ3v) is 14.6. The number of hydrogen-bond acceptors (Lipinski definition) is 3. The first-order chi connectivity index (χ1) is 17.3. The van der Waals surface area contributed by atoms with Gasteiger partial charge in [-0.3, -0.25) is 4.79 Å². The maximum absolute atomic E-state index is 13.6. The molecule has 5 aliphatic rings. The maximum atomic E-state index is 13.6. The summed E-state index contributed by atoms with van der Waals surface area (Å²) in [6.07, 6.45) is 12.1. The molecule has 3 nitrogen and oxygen atoms in total. The zero-order valence-electron chi connectivity index (χ0n) is 24.5. The summed E-state index contributed by atoms with van der Waals surface area (Å²) in [6.45, 7) is 19.7. The fourth-order valence-corrected chi connectivity index (χ4v) is 12.1. The molecule has 0 bridgehead atoms. The van der Waals surface area contributed by atoms with E-state index in [1.807, 2.05) is 6.92 Å². The van der Waals surface area contributed by atoms with Gasteiger partial charge in [-0.25, -0.2) is 0 Å². The van der Waals surface area contributed by atoms with Crippen LogP contribution in [0, 0.1) is 56.7 Å². The molecule has 37 heavy (non-hydrogen) atoms. The molecule has 5 rings (SSSR count). The molecule has 0 unspecified atom stereocenters. The number of alkyl halides is 1. The molecule has 5 aliphatic carbocycles. The minimum absolute atomic E-state index is 0.0631. The van der Waals surface area contributed by atoms with Gasteiger partial charge >= 0.3 is 5.97 Å². The van der Waals surface area contributed by atoms with E-state index in [1.54, 1.807) is 0 Å². The highest BCUT2D eigenvalue weighted by molar-refractivity contribution is 9.09. The number of carbonyl (C=O) groups excluding carboxylic acids is 1. The van der Waals surface area contributed by atoms with Crippen molar-refractivity contribution in [3.05, 3.63) is 12.2 Å². The van der Waals surface area contributed by atoms with Crippen molar-refractivity contribution < 1.29 is 14.6 Å². The Morgan fingerprint density at radius 2 is 1.65 bits per heavy atom. The Hall–Kier alpha value is -0.350. The quantitative estimate of drug-likeness (QED) is 0.155. The summed E-state index contributed by atoms with van der Waals surface area (Å²) in [6, 6.07) is 0. The lowest BCUT2D eigenvalue weighted by Gasteiger charge is -2.72. The van der Waals surface area contributed by atoms with Crippen molar-refractivity contribution in [3.63, 3.8) is 0 Å². The fraction of sp³-hybridized carbons (Fsp3) is 0.909. The first-order valence-corrected chi connectivity index (χ1v) is 16.5. The Balaban J connectivity index is 1.49. The van der Waals surface area contributed by atoms with Crippen LogP contribution in [0.1, 0.15) is 112 Å². The van der Waals surface area contributed by atoms with Crippen molar-refractivity contribution in [2.45, 2.75) is 118 Å². The van der Waals surface area contributed by atoms with E-state index in [2.05, 4.69) is 57.1 Å². The molecular formula is C33H53BrO3. The maximum Gasteiger partial charge on any atom is 0.314 e. The Morgan fingerprint density at radius 1 is 0.919 bits per heavy atom. The van der Waals surface area contributed by atoms with Gasteiger partial charge in [0, 0.05) is 5.33 Å². The molecule has 0 aliphatic heterocycles. The molecule has 0 heterocycles. The molecule has 0 radical (unpaired) electrons. The van der Waals surface area contributed by atoms with Crippen LogP contribution in [-0.4, -0.2) is 29.1 Å². The molecule has 0 saturated heterocycles.